The number of hydrogen-bond donors (Lipinski definition) is 2. The van der Waals surface area contributed by atoms with Crippen LogP contribution in [0.3, 0.4) is 0 Å². The van der Waals surface area contributed by atoms with Crippen LogP contribution in [0.4, 0.5) is 10.1 Å². The number of aromatic nitrogens is 2. The van der Waals surface area contributed by atoms with Gasteiger partial charge in [0.1, 0.15) is 11.3 Å². The Morgan fingerprint density at radius 3 is 2.86 bits per heavy atom. The van der Waals surface area contributed by atoms with Gasteiger partial charge in [-0.2, -0.15) is 0 Å². The zero-order valence-corrected chi connectivity index (χ0v) is 15.7. The van der Waals surface area contributed by atoms with Crippen LogP contribution in [-0.4, -0.2) is 21.2 Å². The van der Waals surface area contributed by atoms with Crippen LogP contribution in [0.25, 0.3) is 11.0 Å². The van der Waals surface area contributed by atoms with Crippen molar-refractivity contribution in [1.82, 2.24) is 15.0 Å². The topological polar surface area (TPSA) is 62.5 Å². The number of rotatable bonds is 3. The summed E-state index contributed by atoms with van der Waals surface area (Å²) >= 11 is 0. The summed E-state index contributed by atoms with van der Waals surface area (Å²) in [5.41, 5.74) is 7.53. The number of nitrogens with one attached hydrogen (secondary N) is 1. The van der Waals surface area contributed by atoms with Crippen molar-refractivity contribution in [3.8, 4) is 0 Å². The molecule has 0 fully saturated rings. The number of benzene rings is 2. The minimum Gasteiger partial charge on any atom is -0.479 e. The molecule has 2 aromatic carbocycles. The Balaban J connectivity index is 1.79. The average Bonchev–Trinajstić information content (AvgIpc) is 3.08. The van der Waals surface area contributed by atoms with Crippen molar-refractivity contribution >= 4 is 16.7 Å². The maximum atomic E-state index is 14.3. The Hall–Kier alpha value is -3.32. The SMILES string of the molecule is C/C1=C/CNO/C(O)=C\N1c1cccc2c1ncn2Cc1c(C)cccc1F. The van der Waals surface area contributed by atoms with Gasteiger partial charge >= 0.3 is 5.95 Å². The highest BCUT2D eigenvalue weighted by atomic mass is 19.1. The number of aliphatic hydroxyl groups excluding tert-OH is 1. The van der Waals surface area contributed by atoms with Gasteiger partial charge in [-0.05, 0) is 43.7 Å². The summed E-state index contributed by atoms with van der Waals surface area (Å²) in [6.07, 6.45) is 5.15. The van der Waals surface area contributed by atoms with Crippen LogP contribution in [0, 0.1) is 12.7 Å². The van der Waals surface area contributed by atoms with Crippen molar-refractivity contribution in [3.63, 3.8) is 0 Å². The van der Waals surface area contributed by atoms with Gasteiger partial charge in [-0.25, -0.2) is 9.37 Å². The molecule has 7 heteroatoms. The summed E-state index contributed by atoms with van der Waals surface area (Å²) in [5.74, 6) is -0.469. The lowest BCUT2D eigenvalue weighted by Crippen LogP contribution is -2.23. The molecule has 0 unspecified atom stereocenters. The Kier molecular flexibility index (Phi) is 4.75. The molecular formula is C21H21FN4O2. The lowest BCUT2D eigenvalue weighted by Gasteiger charge is -2.23. The minimum atomic E-state index is -0.245. The molecule has 4 rings (SSSR count). The van der Waals surface area contributed by atoms with Crippen LogP contribution in [0.1, 0.15) is 18.1 Å². The van der Waals surface area contributed by atoms with E-state index in [9.17, 15) is 9.50 Å². The molecule has 1 aliphatic rings. The fraction of sp³-hybridized carbons (Fsp3) is 0.190. The molecule has 2 N–H and O–H groups in total. The summed E-state index contributed by atoms with van der Waals surface area (Å²) in [4.78, 5) is 11.4. The van der Waals surface area contributed by atoms with E-state index in [0.29, 0.717) is 18.7 Å². The monoisotopic (exact) mass is 380 g/mol. The smallest absolute Gasteiger partial charge is 0.313 e. The Morgan fingerprint density at radius 1 is 1.21 bits per heavy atom. The second-order valence-corrected chi connectivity index (χ2v) is 6.69. The molecule has 2 heterocycles. The Bertz CT molecular complexity index is 1070. The number of hydrogen-bond acceptors (Lipinski definition) is 5. The van der Waals surface area contributed by atoms with Crippen LogP contribution in [-0.2, 0) is 11.4 Å². The number of nitrogens with zero attached hydrogens (tertiary/aromatic N) is 3. The van der Waals surface area contributed by atoms with Crippen LogP contribution >= 0.6 is 0 Å². The number of para-hydroxylation sites is 1. The number of allylic oxidation sites excluding steroid dienone is 1. The van der Waals surface area contributed by atoms with E-state index in [2.05, 4.69) is 10.5 Å². The quantitative estimate of drug-likeness (QED) is 0.715. The third kappa shape index (κ3) is 3.32. The van der Waals surface area contributed by atoms with Gasteiger partial charge in [-0.15, -0.1) is 5.48 Å². The van der Waals surface area contributed by atoms with Crippen LogP contribution in [0.15, 0.2) is 66.6 Å². The fourth-order valence-corrected chi connectivity index (χ4v) is 3.33. The van der Waals surface area contributed by atoms with Gasteiger partial charge in [0.25, 0.3) is 0 Å². The van der Waals surface area contributed by atoms with Crippen LogP contribution < -0.4 is 10.4 Å². The van der Waals surface area contributed by atoms with E-state index in [4.69, 9.17) is 4.84 Å². The van der Waals surface area contributed by atoms with Crippen molar-refractivity contribution < 1.29 is 14.3 Å². The molecule has 0 amide bonds. The minimum absolute atomic E-state index is 0.224. The normalized spacial score (nSPS) is 18.6. The lowest BCUT2D eigenvalue weighted by molar-refractivity contribution is 0.0255. The molecule has 0 atom stereocenters. The van der Waals surface area contributed by atoms with Crippen molar-refractivity contribution in [2.24, 2.45) is 0 Å². The average molecular weight is 380 g/mol. The number of imidazole rings is 1. The molecule has 0 aliphatic carbocycles. The van der Waals surface area contributed by atoms with Crippen LogP contribution in [0.2, 0.25) is 0 Å². The van der Waals surface area contributed by atoms with Crippen molar-refractivity contribution in [3.05, 3.63) is 83.6 Å². The zero-order valence-electron chi connectivity index (χ0n) is 15.7. The van der Waals surface area contributed by atoms with Gasteiger partial charge < -0.3 is 19.4 Å². The number of anilines is 1. The molecule has 0 radical (unpaired) electrons. The molecule has 28 heavy (non-hydrogen) atoms. The van der Waals surface area contributed by atoms with Gasteiger partial charge in [-0.1, -0.05) is 18.2 Å². The number of aliphatic hydroxyl groups is 1. The summed E-state index contributed by atoms with van der Waals surface area (Å²) < 4.78 is 16.2. The third-order valence-electron chi connectivity index (χ3n) is 4.85. The molecule has 144 valence electrons. The highest BCUT2D eigenvalue weighted by molar-refractivity contribution is 5.90. The van der Waals surface area contributed by atoms with Crippen molar-refractivity contribution in [2.75, 3.05) is 11.4 Å². The first-order chi connectivity index (χ1) is 13.5. The summed E-state index contributed by atoms with van der Waals surface area (Å²) in [6, 6.07) is 10.9. The Labute approximate surface area is 162 Å². The first kappa shape index (κ1) is 18.1. The van der Waals surface area contributed by atoms with E-state index in [-0.39, 0.29) is 11.8 Å². The third-order valence-corrected chi connectivity index (χ3v) is 4.85. The standard InChI is InChI=1S/C21H21FN4O2/c1-14-5-3-6-17(22)16(14)11-25-13-23-21-18(25)7-4-8-19(21)26-12-20(27)28-24-10-9-15(26)2/h3-9,12-13,24,27H,10-11H2,1-2H3/b15-9-,20-12-. The van der Waals surface area contributed by atoms with Crippen molar-refractivity contribution in [2.45, 2.75) is 20.4 Å². The predicted molar refractivity (Wildman–Crippen MR) is 106 cm³/mol. The van der Waals surface area contributed by atoms with Crippen LogP contribution in [0.5, 0.6) is 0 Å². The number of halogens is 1. The number of fused-ring (bicyclic) bond motifs is 1. The molecule has 3 aromatic rings. The molecule has 0 saturated heterocycles. The van der Waals surface area contributed by atoms with Gasteiger partial charge in [0, 0.05) is 11.3 Å². The second-order valence-electron chi connectivity index (χ2n) is 6.69. The largest absolute Gasteiger partial charge is 0.479 e. The van der Waals surface area contributed by atoms with E-state index < -0.39 is 0 Å². The summed E-state index contributed by atoms with van der Waals surface area (Å²) in [5, 5.41) is 9.94. The molecule has 6 nitrogen and oxygen atoms in total. The highest BCUT2D eigenvalue weighted by Crippen LogP contribution is 2.30. The number of hydroxylamine groups is 1. The number of aryl methyl sites for hydroxylation is 1. The second kappa shape index (κ2) is 7.36. The van der Waals surface area contributed by atoms with Gasteiger partial charge in [0.2, 0.25) is 0 Å². The van der Waals surface area contributed by atoms with E-state index in [1.807, 2.05) is 53.7 Å². The molecular weight excluding hydrogens is 359 g/mol. The van der Waals surface area contributed by atoms with Gasteiger partial charge in [0.05, 0.1) is 36.8 Å². The lowest BCUT2D eigenvalue weighted by atomic mass is 10.1. The maximum absolute atomic E-state index is 14.3. The molecule has 1 aromatic heterocycles. The van der Waals surface area contributed by atoms with E-state index >= 15 is 0 Å². The molecule has 1 aliphatic heterocycles. The van der Waals surface area contributed by atoms with Crippen molar-refractivity contribution in [1.29, 1.82) is 0 Å². The first-order valence-corrected chi connectivity index (χ1v) is 8.99. The Morgan fingerprint density at radius 2 is 2.04 bits per heavy atom. The predicted octanol–water partition coefficient (Wildman–Crippen LogP) is 4.13. The zero-order chi connectivity index (χ0) is 19.7. The molecule has 0 spiro atoms. The maximum Gasteiger partial charge on any atom is 0.313 e. The fourth-order valence-electron chi connectivity index (χ4n) is 3.33. The molecule has 0 bridgehead atoms. The van der Waals surface area contributed by atoms with E-state index in [1.165, 1.54) is 12.3 Å². The van der Waals surface area contributed by atoms with Gasteiger partial charge in [0.15, 0.2) is 0 Å². The molecule has 0 saturated carbocycles. The van der Waals surface area contributed by atoms with E-state index in [0.717, 1.165) is 28.0 Å². The highest BCUT2D eigenvalue weighted by Gasteiger charge is 2.17. The van der Waals surface area contributed by atoms with Gasteiger partial charge in [-0.3, -0.25) is 0 Å². The van der Waals surface area contributed by atoms with E-state index in [1.54, 1.807) is 12.4 Å². The summed E-state index contributed by atoms with van der Waals surface area (Å²) in [7, 11) is 0. The first-order valence-electron chi connectivity index (χ1n) is 8.99. The summed E-state index contributed by atoms with van der Waals surface area (Å²) in [6.45, 7) is 4.69.